The van der Waals surface area contributed by atoms with Crippen molar-refractivity contribution in [2.24, 2.45) is 0 Å². The van der Waals surface area contributed by atoms with E-state index in [1.54, 1.807) is 6.33 Å². The molecule has 122 valence electrons. The van der Waals surface area contributed by atoms with Gasteiger partial charge in [0.15, 0.2) is 16.3 Å². The summed E-state index contributed by atoms with van der Waals surface area (Å²) in [6.45, 7) is 2.63. The average Bonchev–Trinajstić information content (AvgIpc) is 2.93. The number of aromatic nitrogens is 4. The number of fused-ring (bicyclic) bond motifs is 1. The summed E-state index contributed by atoms with van der Waals surface area (Å²) in [5.41, 5.74) is 2.50. The topological polar surface area (TPSA) is 94.1 Å². The van der Waals surface area contributed by atoms with Crippen LogP contribution in [0, 0.1) is 23.7 Å². The van der Waals surface area contributed by atoms with E-state index in [2.05, 4.69) is 21.0 Å². The number of halogens is 1. The smallest absolute Gasteiger partial charge is 0.173 e. The molecule has 0 atom stereocenters. The number of aromatic amines is 1. The second-order valence-corrected chi connectivity index (χ2v) is 6.85. The minimum Gasteiger partial charge on any atom is -0.328 e. The average molecular weight is 359 g/mol. The number of unbranched alkanes of at least 4 members (excludes halogenated alkanes) is 1. The highest BCUT2D eigenvalue weighted by Gasteiger charge is 2.10. The van der Waals surface area contributed by atoms with Gasteiger partial charge in [0.05, 0.1) is 12.4 Å². The van der Waals surface area contributed by atoms with Gasteiger partial charge in [0.25, 0.3) is 0 Å². The van der Waals surface area contributed by atoms with Crippen molar-refractivity contribution in [3.63, 3.8) is 0 Å². The normalized spacial score (nSPS) is 10.9. The largest absolute Gasteiger partial charge is 0.328 e. The zero-order chi connectivity index (χ0) is 17.1. The molecule has 2 aromatic heterocycles. The van der Waals surface area contributed by atoms with E-state index in [0.29, 0.717) is 34.3 Å². The third-order valence-electron chi connectivity index (χ3n) is 3.42. The van der Waals surface area contributed by atoms with E-state index in [0.717, 1.165) is 16.9 Å². The maximum absolute atomic E-state index is 8.67. The second-order valence-electron chi connectivity index (χ2n) is 5.36. The molecule has 0 aliphatic carbocycles. The molecule has 0 fully saturated rings. The number of hydrogen-bond donors (Lipinski definition) is 2. The molecule has 8 heteroatoms. The van der Waals surface area contributed by atoms with Crippen molar-refractivity contribution in [2.45, 2.75) is 36.4 Å². The summed E-state index contributed by atoms with van der Waals surface area (Å²) in [5.74, 6) is 0. The molecule has 0 saturated heterocycles. The van der Waals surface area contributed by atoms with Crippen LogP contribution in [0.4, 0.5) is 0 Å². The van der Waals surface area contributed by atoms with E-state index >= 15 is 0 Å². The number of rotatable bonds is 5. The Kier molecular flexibility index (Phi) is 4.88. The highest BCUT2D eigenvalue weighted by Crippen LogP contribution is 2.29. The standard InChI is InChI=1S/C16H15ClN6S/c1-10-6-11(17)8-12(7-10)24-16-21-13-14(19)20-9-23(15(13)22-16)5-3-2-4-18/h6-9,19H,2-3,5H2,1H3,(H,21,22). The Labute approximate surface area is 148 Å². The van der Waals surface area contributed by atoms with Crippen LogP contribution < -0.4 is 5.49 Å². The van der Waals surface area contributed by atoms with Gasteiger partial charge < -0.3 is 9.55 Å². The maximum Gasteiger partial charge on any atom is 0.173 e. The lowest BCUT2D eigenvalue weighted by molar-refractivity contribution is 0.651. The molecule has 24 heavy (non-hydrogen) atoms. The number of aryl methyl sites for hydroxylation is 2. The number of hydrogen-bond acceptors (Lipinski definition) is 5. The van der Waals surface area contributed by atoms with Gasteiger partial charge in [-0.1, -0.05) is 23.4 Å². The van der Waals surface area contributed by atoms with E-state index in [1.807, 2.05) is 29.7 Å². The Balaban J connectivity index is 1.95. The van der Waals surface area contributed by atoms with Gasteiger partial charge in [-0.15, -0.1) is 0 Å². The number of H-pyrrole nitrogens is 1. The summed E-state index contributed by atoms with van der Waals surface area (Å²) in [4.78, 5) is 12.8. The monoisotopic (exact) mass is 358 g/mol. The summed E-state index contributed by atoms with van der Waals surface area (Å²) < 4.78 is 1.87. The van der Waals surface area contributed by atoms with Crippen molar-refractivity contribution in [3.05, 3.63) is 40.6 Å². The van der Waals surface area contributed by atoms with Crippen LogP contribution in [0.5, 0.6) is 0 Å². The fourth-order valence-electron chi connectivity index (χ4n) is 2.38. The summed E-state index contributed by atoms with van der Waals surface area (Å²) in [7, 11) is 0. The molecule has 3 aromatic rings. The first-order valence-corrected chi connectivity index (χ1v) is 8.58. The van der Waals surface area contributed by atoms with Gasteiger partial charge in [-0.2, -0.15) is 5.26 Å². The van der Waals surface area contributed by atoms with E-state index in [-0.39, 0.29) is 5.49 Å². The first-order chi connectivity index (χ1) is 11.6. The molecule has 3 rings (SSSR count). The van der Waals surface area contributed by atoms with Crippen molar-refractivity contribution < 1.29 is 0 Å². The molecule has 2 heterocycles. The van der Waals surface area contributed by atoms with E-state index in [9.17, 15) is 0 Å². The van der Waals surface area contributed by atoms with Crippen molar-refractivity contribution in [2.75, 3.05) is 0 Å². The van der Waals surface area contributed by atoms with Crippen LogP contribution in [0.15, 0.2) is 34.6 Å². The SMILES string of the molecule is Cc1cc(Cl)cc(Sc2nc3c([nH]2)c(=N)ncn3CCCC#N)c1. The Morgan fingerprint density at radius 3 is 3.00 bits per heavy atom. The Hall–Kier alpha value is -2.30. The van der Waals surface area contributed by atoms with Crippen LogP contribution in [0.3, 0.4) is 0 Å². The van der Waals surface area contributed by atoms with Crippen molar-refractivity contribution >= 4 is 34.5 Å². The highest BCUT2D eigenvalue weighted by molar-refractivity contribution is 7.99. The minimum atomic E-state index is 0.156. The second kappa shape index (κ2) is 7.07. The van der Waals surface area contributed by atoms with Gasteiger partial charge in [-0.25, -0.2) is 9.97 Å². The molecular weight excluding hydrogens is 344 g/mol. The zero-order valence-electron chi connectivity index (χ0n) is 13.0. The quantitative estimate of drug-likeness (QED) is 0.680. The first-order valence-electron chi connectivity index (χ1n) is 7.38. The van der Waals surface area contributed by atoms with E-state index < -0.39 is 0 Å². The Morgan fingerprint density at radius 2 is 2.25 bits per heavy atom. The molecule has 0 unspecified atom stereocenters. The fraction of sp³-hybridized carbons (Fsp3) is 0.250. The number of imidazole rings is 1. The summed E-state index contributed by atoms with van der Waals surface area (Å²) in [6, 6.07) is 7.95. The number of nitriles is 1. The molecule has 2 N–H and O–H groups in total. The molecule has 6 nitrogen and oxygen atoms in total. The van der Waals surface area contributed by atoms with Crippen LogP contribution in [0.25, 0.3) is 11.2 Å². The third kappa shape index (κ3) is 3.61. The third-order valence-corrected chi connectivity index (χ3v) is 4.49. The zero-order valence-corrected chi connectivity index (χ0v) is 14.6. The molecule has 0 aliphatic rings. The summed E-state index contributed by atoms with van der Waals surface area (Å²) in [6.07, 6.45) is 2.80. The number of benzene rings is 1. The van der Waals surface area contributed by atoms with Crippen LogP contribution in [-0.2, 0) is 6.54 Å². The molecule has 0 saturated carbocycles. The fourth-order valence-corrected chi connectivity index (χ4v) is 3.67. The molecule has 0 spiro atoms. The lowest BCUT2D eigenvalue weighted by Gasteiger charge is -2.04. The van der Waals surface area contributed by atoms with Gasteiger partial charge in [-0.3, -0.25) is 5.41 Å². The van der Waals surface area contributed by atoms with Gasteiger partial charge in [0, 0.05) is 22.9 Å². The highest BCUT2D eigenvalue weighted by atomic mass is 35.5. The van der Waals surface area contributed by atoms with Crippen molar-refractivity contribution in [3.8, 4) is 6.07 Å². The lowest BCUT2D eigenvalue weighted by atomic mass is 10.2. The van der Waals surface area contributed by atoms with Gasteiger partial charge in [0.2, 0.25) is 0 Å². The molecule has 1 aromatic carbocycles. The van der Waals surface area contributed by atoms with Crippen molar-refractivity contribution in [1.29, 1.82) is 10.7 Å². The summed E-state index contributed by atoms with van der Waals surface area (Å²) in [5, 5.41) is 18.0. The van der Waals surface area contributed by atoms with Crippen LogP contribution >= 0.6 is 23.4 Å². The van der Waals surface area contributed by atoms with E-state index in [4.69, 9.17) is 22.3 Å². The minimum absolute atomic E-state index is 0.156. The molecule has 0 amide bonds. The lowest BCUT2D eigenvalue weighted by Crippen LogP contribution is -2.12. The maximum atomic E-state index is 8.67. The van der Waals surface area contributed by atoms with Crippen LogP contribution in [0.2, 0.25) is 5.02 Å². The van der Waals surface area contributed by atoms with Gasteiger partial charge in [0.1, 0.15) is 5.52 Å². The van der Waals surface area contributed by atoms with Gasteiger partial charge in [-0.05, 0) is 37.1 Å². The predicted octanol–water partition coefficient (Wildman–Crippen LogP) is 3.66. The molecular formula is C16H15ClN6S. The molecule has 0 radical (unpaired) electrons. The van der Waals surface area contributed by atoms with Crippen molar-refractivity contribution in [1.82, 2.24) is 19.5 Å². The predicted molar refractivity (Wildman–Crippen MR) is 92.9 cm³/mol. The molecule has 0 aliphatic heterocycles. The number of nitrogens with one attached hydrogen (secondary N) is 2. The van der Waals surface area contributed by atoms with Crippen LogP contribution in [-0.4, -0.2) is 19.5 Å². The number of nitrogens with zero attached hydrogens (tertiary/aromatic N) is 4. The van der Waals surface area contributed by atoms with E-state index in [1.165, 1.54) is 11.8 Å². The Morgan fingerprint density at radius 1 is 1.42 bits per heavy atom. The van der Waals surface area contributed by atoms with Crippen LogP contribution in [0.1, 0.15) is 18.4 Å². The molecule has 0 bridgehead atoms. The first kappa shape index (κ1) is 16.6. The Bertz CT molecular complexity index is 964. The van der Waals surface area contributed by atoms with Gasteiger partial charge >= 0.3 is 0 Å². The summed E-state index contributed by atoms with van der Waals surface area (Å²) >= 11 is 7.56.